The predicted molar refractivity (Wildman–Crippen MR) is 53.2 cm³/mol. The van der Waals surface area contributed by atoms with E-state index >= 15 is 0 Å². The van der Waals surface area contributed by atoms with Gasteiger partial charge in [-0.2, -0.15) is 5.10 Å². The summed E-state index contributed by atoms with van der Waals surface area (Å²) in [5.41, 5.74) is 0. The maximum absolute atomic E-state index is 10.5. The lowest BCUT2D eigenvalue weighted by molar-refractivity contribution is -0.118. The summed E-state index contributed by atoms with van der Waals surface area (Å²) in [6.45, 7) is 3.04. The maximum atomic E-state index is 10.5. The molecule has 4 nitrogen and oxygen atoms in total. The number of carbonyl (C=O) groups is 1. The van der Waals surface area contributed by atoms with Crippen LogP contribution in [-0.2, 0) is 11.3 Å². The number of rotatable bonds is 4. The molecule has 0 saturated heterocycles. The molecular weight excluding hydrogens is 234 g/mol. The highest BCUT2D eigenvalue weighted by Gasteiger charge is 1.95. The number of aromatic nitrogens is 2. The molecule has 1 aromatic heterocycles. The molecule has 1 amide bonds. The van der Waals surface area contributed by atoms with Crippen molar-refractivity contribution in [2.75, 3.05) is 6.54 Å². The fourth-order valence-corrected chi connectivity index (χ4v) is 1.29. The number of carbonyl (C=O) groups excluding carboxylic acids is 1. The molecule has 1 heterocycles. The molecule has 0 atom stereocenters. The molecule has 1 rings (SSSR count). The van der Waals surface area contributed by atoms with E-state index in [1.807, 2.05) is 10.9 Å². The summed E-state index contributed by atoms with van der Waals surface area (Å²) in [6, 6.07) is 0. The van der Waals surface area contributed by atoms with Gasteiger partial charge in [0.25, 0.3) is 0 Å². The monoisotopic (exact) mass is 245 g/mol. The van der Waals surface area contributed by atoms with Gasteiger partial charge in [0.2, 0.25) is 5.91 Å². The third-order valence-electron chi connectivity index (χ3n) is 1.54. The Labute approximate surface area is 85.4 Å². The molecule has 0 fully saturated rings. The molecular formula is C8H12BrN3O. The maximum Gasteiger partial charge on any atom is 0.216 e. The van der Waals surface area contributed by atoms with Gasteiger partial charge in [0.1, 0.15) is 0 Å². The van der Waals surface area contributed by atoms with E-state index in [1.54, 1.807) is 6.20 Å². The second-order valence-corrected chi connectivity index (χ2v) is 3.67. The van der Waals surface area contributed by atoms with Gasteiger partial charge in [-0.25, -0.2) is 0 Å². The van der Waals surface area contributed by atoms with Crippen molar-refractivity contribution in [3.05, 3.63) is 16.9 Å². The molecule has 0 aliphatic heterocycles. The molecule has 0 saturated carbocycles. The average molecular weight is 246 g/mol. The van der Waals surface area contributed by atoms with Crippen LogP contribution in [0.5, 0.6) is 0 Å². The zero-order valence-electron chi connectivity index (χ0n) is 7.46. The Morgan fingerprint density at radius 1 is 1.77 bits per heavy atom. The lowest BCUT2D eigenvalue weighted by atomic mass is 10.4. The lowest BCUT2D eigenvalue weighted by Crippen LogP contribution is -2.22. The lowest BCUT2D eigenvalue weighted by Gasteiger charge is -2.01. The number of halogens is 1. The summed E-state index contributed by atoms with van der Waals surface area (Å²) in [4.78, 5) is 10.5. The van der Waals surface area contributed by atoms with Crippen molar-refractivity contribution in [2.24, 2.45) is 0 Å². The van der Waals surface area contributed by atoms with Crippen LogP contribution in [0.25, 0.3) is 0 Å². The van der Waals surface area contributed by atoms with Crippen molar-refractivity contribution < 1.29 is 4.79 Å². The van der Waals surface area contributed by atoms with Crippen LogP contribution in [0.2, 0.25) is 0 Å². The first-order valence-corrected chi connectivity index (χ1v) is 4.90. The van der Waals surface area contributed by atoms with Crippen LogP contribution in [0.3, 0.4) is 0 Å². The minimum atomic E-state index is 0.0154. The van der Waals surface area contributed by atoms with Crippen molar-refractivity contribution in [2.45, 2.75) is 19.9 Å². The van der Waals surface area contributed by atoms with Gasteiger partial charge in [0, 0.05) is 26.2 Å². The average Bonchev–Trinajstić information content (AvgIpc) is 2.45. The van der Waals surface area contributed by atoms with Crippen molar-refractivity contribution >= 4 is 21.8 Å². The molecule has 1 aromatic rings. The Morgan fingerprint density at radius 3 is 3.08 bits per heavy atom. The highest BCUT2D eigenvalue weighted by atomic mass is 79.9. The quantitative estimate of drug-likeness (QED) is 0.810. The van der Waals surface area contributed by atoms with Crippen LogP contribution < -0.4 is 5.32 Å². The second kappa shape index (κ2) is 5.01. The van der Waals surface area contributed by atoms with Gasteiger partial charge in [-0.15, -0.1) is 0 Å². The largest absolute Gasteiger partial charge is 0.356 e. The number of nitrogens with zero attached hydrogens (tertiary/aromatic N) is 2. The van der Waals surface area contributed by atoms with E-state index in [9.17, 15) is 4.79 Å². The van der Waals surface area contributed by atoms with E-state index in [2.05, 4.69) is 26.3 Å². The number of hydrogen-bond donors (Lipinski definition) is 1. The van der Waals surface area contributed by atoms with Crippen LogP contribution in [0.4, 0.5) is 0 Å². The Balaban J connectivity index is 2.16. The highest BCUT2D eigenvalue weighted by molar-refractivity contribution is 9.10. The molecule has 0 bridgehead atoms. The van der Waals surface area contributed by atoms with Gasteiger partial charge in [-0.3, -0.25) is 9.48 Å². The summed E-state index contributed by atoms with van der Waals surface area (Å²) < 4.78 is 2.82. The van der Waals surface area contributed by atoms with Gasteiger partial charge < -0.3 is 5.32 Å². The van der Waals surface area contributed by atoms with E-state index < -0.39 is 0 Å². The van der Waals surface area contributed by atoms with Crippen molar-refractivity contribution in [3.8, 4) is 0 Å². The van der Waals surface area contributed by atoms with Crippen LogP contribution in [0, 0.1) is 0 Å². The molecule has 0 aromatic carbocycles. The van der Waals surface area contributed by atoms with Gasteiger partial charge in [0.05, 0.1) is 10.7 Å². The Bertz CT molecular complexity index is 285. The summed E-state index contributed by atoms with van der Waals surface area (Å²) in [5.74, 6) is 0.0154. The number of nitrogens with one attached hydrogen (secondary N) is 1. The molecule has 1 N–H and O–H groups in total. The van der Waals surface area contributed by atoms with Gasteiger partial charge in [-0.05, 0) is 22.4 Å². The third kappa shape index (κ3) is 4.07. The molecule has 0 spiro atoms. The van der Waals surface area contributed by atoms with Crippen molar-refractivity contribution in [1.82, 2.24) is 15.1 Å². The van der Waals surface area contributed by atoms with Crippen LogP contribution >= 0.6 is 15.9 Å². The Morgan fingerprint density at radius 2 is 2.54 bits per heavy atom. The van der Waals surface area contributed by atoms with Crippen molar-refractivity contribution in [3.63, 3.8) is 0 Å². The molecule has 13 heavy (non-hydrogen) atoms. The highest BCUT2D eigenvalue weighted by Crippen LogP contribution is 2.06. The van der Waals surface area contributed by atoms with E-state index in [0.717, 1.165) is 17.4 Å². The van der Waals surface area contributed by atoms with Gasteiger partial charge in [0.15, 0.2) is 0 Å². The Hall–Kier alpha value is -0.840. The summed E-state index contributed by atoms with van der Waals surface area (Å²) >= 11 is 3.31. The zero-order chi connectivity index (χ0) is 9.68. The molecule has 0 unspecified atom stereocenters. The topological polar surface area (TPSA) is 46.9 Å². The van der Waals surface area contributed by atoms with Crippen LogP contribution in [0.1, 0.15) is 13.3 Å². The fourth-order valence-electron chi connectivity index (χ4n) is 0.966. The SMILES string of the molecule is CC(=O)NCCCn1cc(Br)cn1. The minimum Gasteiger partial charge on any atom is -0.356 e. The fraction of sp³-hybridized carbons (Fsp3) is 0.500. The van der Waals surface area contributed by atoms with Gasteiger partial charge >= 0.3 is 0 Å². The molecule has 72 valence electrons. The van der Waals surface area contributed by atoms with E-state index in [-0.39, 0.29) is 5.91 Å². The van der Waals surface area contributed by atoms with Gasteiger partial charge in [-0.1, -0.05) is 0 Å². The van der Waals surface area contributed by atoms with Crippen LogP contribution in [-0.4, -0.2) is 22.2 Å². The third-order valence-corrected chi connectivity index (χ3v) is 1.95. The molecule has 0 radical (unpaired) electrons. The summed E-state index contributed by atoms with van der Waals surface area (Å²) in [6.07, 6.45) is 4.56. The minimum absolute atomic E-state index is 0.0154. The number of amides is 1. The Kier molecular flexibility index (Phi) is 3.95. The first-order chi connectivity index (χ1) is 6.18. The predicted octanol–water partition coefficient (Wildman–Crippen LogP) is 1.17. The first-order valence-electron chi connectivity index (χ1n) is 4.11. The standard InChI is InChI=1S/C8H12BrN3O/c1-7(13)10-3-2-4-12-6-8(9)5-11-12/h5-6H,2-4H2,1H3,(H,10,13). The van der Waals surface area contributed by atoms with Crippen LogP contribution in [0.15, 0.2) is 16.9 Å². The van der Waals surface area contributed by atoms with E-state index in [1.165, 1.54) is 6.92 Å². The normalized spacial score (nSPS) is 10.0. The summed E-state index contributed by atoms with van der Waals surface area (Å²) in [7, 11) is 0. The second-order valence-electron chi connectivity index (χ2n) is 2.76. The van der Waals surface area contributed by atoms with Crippen molar-refractivity contribution in [1.29, 1.82) is 0 Å². The molecule has 0 aliphatic rings. The first kappa shape index (κ1) is 10.2. The smallest absolute Gasteiger partial charge is 0.216 e. The number of aryl methyl sites for hydroxylation is 1. The zero-order valence-corrected chi connectivity index (χ0v) is 9.04. The van der Waals surface area contributed by atoms with E-state index in [0.29, 0.717) is 6.54 Å². The number of hydrogen-bond acceptors (Lipinski definition) is 2. The summed E-state index contributed by atoms with van der Waals surface area (Å²) in [5, 5.41) is 6.82. The van der Waals surface area contributed by atoms with E-state index in [4.69, 9.17) is 0 Å². The molecule has 0 aliphatic carbocycles. The molecule has 5 heteroatoms.